The number of fused-ring (bicyclic) bond motifs is 1. The lowest BCUT2D eigenvalue weighted by Crippen LogP contribution is -2.35. The Hall–Kier alpha value is -3.14. The smallest absolute Gasteiger partial charge is 0.382 e. The van der Waals surface area contributed by atoms with Gasteiger partial charge in [0.25, 0.3) is 5.56 Å². The molecule has 0 spiro atoms. The first-order chi connectivity index (χ1) is 13.7. The molecule has 29 heavy (non-hydrogen) atoms. The monoisotopic (exact) mass is 407 g/mol. The Balaban J connectivity index is 2.05. The van der Waals surface area contributed by atoms with Gasteiger partial charge in [-0.25, -0.2) is 9.97 Å². The Morgan fingerprint density at radius 1 is 1.24 bits per heavy atom. The summed E-state index contributed by atoms with van der Waals surface area (Å²) >= 11 is 0. The van der Waals surface area contributed by atoms with Crippen molar-refractivity contribution in [3.8, 4) is 0 Å². The van der Waals surface area contributed by atoms with Crippen LogP contribution in [0.4, 0.5) is 30.6 Å². The molecule has 0 radical (unpaired) electrons. The number of aliphatic hydroxyl groups excluding tert-OH is 1. The number of anilines is 3. The Morgan fingerprint density at radius 2 is 2.00 bits per heavy atom. The van der Waals surface area contributed by atoms with E-state index in [4.69, 9.17) is 0 Å². The third-order valence-corrected chi connectivity index (χ3v) is 4.31. The van der Waals surface area contributed by atoms with Crippen LogP contribution in [0, 0.1) is 6.92 Å². The van der Waals surface area contributed by atoms with Gasteiger partial charge in [-0.3, -0.25) is 4.79 Å². The number of hydrogen-bond donors (Lipinski definition) is 3. The summed E-state index contributed by atoms with van der Waals surface area (Å²) in [4.78, 5) is 21.1. The summed E-state index contributed by atoms with van der Waals surface area (Å²) < 4.78 is 39.4. The molecule has 3 aromatic rings. The van der Waals surface area contributed by atoms with Crippen LogP contribution >= 0.6 is 0 Å². The van der Waals surface area contributed by atoms with E-state index in [9.17, 15) is 23.1 Å². The van der Waals surface area contributed by atoms with Gasteiger partial charge in [-0.05, 0) is 49.1 Å². The highest BCUT2D eigenvalue weighted by Crippen LogP contribution is 2.25. The summed E-state index contributed by atoms with van der Waals surface area (Å²) in [7, 11) is 0. The van der Waals surface area contributed by atoms with Crippen LogP contribution in [0.25, 0.3) is 10.8 Å². The highest BCUT2D eigenvalue weighted by atomic mass is 19.4. The van der Waals surface area contributed by atoms with E-state index in [2.05, 4.69) is 20.6 Å². The van der Waals surface area contributed by atoms with Crippen molar-refractivity contribution < 1.29 is 18.3 Å². The zero-order valence-corrected chi connectivity index (χ0v) is 15.8. The minimum atomic E-state index is -4.78. The maximum Gasteiger partial charge on any atom is 0.416 e. The van der Waals surface area contributed by atoms with Crippen molar-refractivity contribution in [3.63, 3.8) is 0 Å². The summed E-state index contributed by atoms with van der Waals surface area (Å²) in [5.74, 6) is 0.752. The van der Waals surface area contributed by atoms with Crippen molar-refractivity contribution in [1.29, 1.82) is 0 Å². The van der Waals surface area contributed by atoms with E-state index in [-0.39, 0.29) is 16.8 Å². The van der Waals surface area contributed by atoms with Crippen molar-refractivity contribution in [2.75, 3.05) is 17.2 Å². The van der Waals surface area contributed by atoms with E-state index in [0.29, 0.717) is 23.6 Å². The van der Waals surface area contributed by atoms with Crippen LogP contribution < -0.4 is 16.2 Å². The predicted molar refractivity (Wildman–Crippen MR) is 104 cm³/mol. The molecule has 7 nitrogen and oxygen atoms in total. The molecule has 1 unspecified atom stereocenters. The molecule has 0 aliphatic rings. The molecule has 10 heteroatoms. The summed E-state index contributed by atoms with van der Waals surface area (Å²) in [6.45, 7) is 3.23. The van der Waals surface area contributed by atoms with Crippen molar-refractivity contribution in [1.82, 2.24) is 14.5 Å². The Bertz CT molecular complexity index is 1080. The van der Waals surface area contributed by atoms with Crippen LogP contribution in [0.2, 0.25) is 0 Å². The summed E-state index contributed by atoms with van der Waals surface area (Å²) in [5.41, 5.74) is 0.572. The van der Waals surface area contributed by atoms with Crippen LogP contribution in [0.3, 0.4) is 0 Å². The Labute approximate surface area is 164 Å². The second kappa shape index (κ2) is 8.08. The third-order valence-electron chi connectivity index (χ3n) is 4.31. The van der Waals surface area contributed by atoms with E-state index < -0.39 is 18.8 Å². The zero-order chi connectivity index (χ0) is 21.2. The molecule has 0 saturated carbocycles. The topological polar surface area (TPSA) is 92.1 Å². The second-order valence-electron chi connectivity index (χ2n) is 6.51. The fourth-order valence-corrected chi connectivity index (χ4v) is 2.79. The maximum atomic E-state index is 12.7. The molecular formula is C19H20F3N5O2. The van der Waals surface area contributed by atoms with Crippen LogP contribution in [0.15, 0.2) is 41.5 Å². The molecular weight excluding hydrogens is 387 g/mol. The zero-order valence-electron chi connectivity index (χ0n) is 15.8. The number of hydrogen-bond acceptors (Lipinski definition) is 6. The largest absolute Gasteiger partial charge is 0.416 e. The van der Waals surface area contributed by atoms with Crippen LogP contribution in [0.5, 0.6) is 0 Å². The molecule has 0 aromatic carbocycles. The van der Waals surface area contributed by atoms with Gasteiger partial charge in [0.05, 0.1) is 11.9 Å². The van der Waals surface area contributed by atoms with E-state index in [1.807, 2.05) is 13.0 Å². The molecule has 0 aliphatic heterocycles. The molecule has 3 aromatic heterocycles. The molecule has 3 rings (SSSR count). The number of aliphatic hydroxyl groups is 1. The van der Waals surface area contributed by atoms with Gasteiger partial charge < -0.3 is 20.3 Å². The molecule has 0 bridgehead atoms. The molecule has 3 N–H and O–H groups in total. The molecule has 0 aliphatic carbocycles. The Morgan fingerprint density at radius 3 is 2.66 bits per heavy atom. The average Bonchev–Trinajstić information content (AvgIpc) is 2.65. The molecule has 154 valence electrons. The van der Waals surface area contributed by atoms with E-state index in [0.717, 1.165) is 5.56 Å². The van der Waals surface area contributed by atoms with Gasteiger partial charge in [0.15, 0.2) is 6.10 Å². The van der Waals surface area contributed by atoms with Crippen molar-refractivity contribution in [2.45, 2.75) is 32.7 Å². The molecule has 0 amide bonds. The summed E-state index contributed by atoms with van der Waals surface area (Å²) in [5, 5.41) is 15.4. The molecule has 3 heterocycles. The highest BCUT2D eigenvalue weighted by molar-refractivity contribution is 5.93. The number of halogens is 3. The van der Waals surface area contributed by atoms with Crippen LogP contribution in [0.1, 0.15) is 12.5 Å². The SMILES string of the molecule is CCn1ccc2cc(Nc3cc(C)ccn3)nc(NCC(O)C(F)(F)F)c2c1=O. The Kier molecular flexibility index (Phi) is 5.73. The number of rotatable bonds is 6. The number of pyridine rings is 3. The number of nitrogens with one attached hydrogen (secondary N) is 2. The average molecular weight is 407 g/mol. The normalized spacial score (nSPS) is 12.8. The lowest BCUT2D eigenvalue weighted by atomic mass is 10.2. The fourth-order valence-electron chi connectivity index (χ4n) is 2.79. The van der Waals surface area contributed by atoms with Crippen molar-refractivity contribution >= 4 is 28.2 Å². The molecule has 0 saturated heterocycles. The van der Waals surface area contributed by atoms with Crippen LogP contribution in [-0.2, 0) is 6.54 Å². The predicted octanol–water partition coefficient (Wildman–Crippen LogP) is 3.20. The summed E-state index contributed by atoms with van der Waals surface area (Å²) in [6, 6.07) is 6.90. The molecule has 1 atom stereocenters. The number of aromatic nitrogens is 3. The quantitative estimate of drug-likeness (QED) is 0.581. The number of aryl methyl sites for hydroxylation is 2. The fraction of sp³-hybridized carbons (Fsp3) is 0.316. The highest BCUT2D eigenvalue weighted by Gasteiger charge is 2.38. The van der Waals surface area contributed by atoms with Gasteiger partial charge in [-0.2, -0.15) is 13.2 Å². The maximum absolute atomic E-state index is 12.7. The first-order valence-corrected chi connectivity index (χ1v) is 8.91. The van der Waals surface area contributed by atoms with Gasteiger partial charge in [0.2, 0.25) is 0 Å². The first kappa shape index (κ1) is 20.6. The minimum absolute atomic E-state index is 0.0475. The van der Waals surface area contributed by atoms with E-state index >= 15 is 0 Å². The minimum Gasteiger partial charge on any atom is -0.382 e. The standard InChI is InChI=1S/C19H20F3N5O2/c1-3-27-7-5-12-9-15(25-14-8-11(2)4-6-23-14)26-17(16(12)18(27)29)24-10-13(28)19(20,21)22/h4-9,13,28H,3,10H2,1-2H3,(H2,23,24,25,26). The third kappa shape index (κ3) is 4.65. The lowest BCUT2D eigenvalue weighted by Gasteiger charge is -2.17. The molecule has 0 fully saturated rings. The van der Waals surface area contributed by atoms with Gasteiger partial charge in [-0.15, -0.1) is 0 Å². The second-order valence-corrected chi connectivity index (χ2v) is 6.51. The number of nitrogens with zero attached hydrogens (tertiary/aromatic N) is 3. The lowest BCUT2D eigenvalue weighted by molar-refractivity contribution is -0.198. The summed E-state index contributed by atoms with van der Waals surface area (Å²) in [6.07, 6.45) is -4.16. The van der Waals surface area contributed by atoms with Crippen LogP contribution in [-0.4, -0.2) is 38.5 Å². The van der Waals surface area contributed by atoms with Gasteiger partial charge in [-0.1, -0.05) is 0 Å². The van der Waals surface area contributed by atoms with Gasteiger partial charge >= 0.3 is 6.18 Å². The van der Waals surface area contributed by atoms with Crippen molar-refractivity contribution in [3.05, 3.63) is 52.6 Å². The van der Waals surface area contributed by atoms with Gasteiger partial charge in [0.1, 0.15) is 17.5 Å². The number of alkyl halides is 3. The van der Waals surface area contributed by atoms with Gasteiger partial charge in [0, 0.05) is 18.9 Å². The van der Waals surface area contributed by atoms with E-state index in [1.165, 1.54) is 4.57 Å². The first-order valence-electron chi connectivity index (χ1n) is 8.91. The van der Waals surface area contributed by atoms with Crippen molar-refractivity contribution in [2.24, 2.45) is 0 Å². The van der Waals surface area contributed by atoms with E-state index in [1.54, 1.807) is 37.5 Å².